The zero-order chi connectivity index (χ0) is 32.2. The molecule has 1 aliphatic heterocycles. The van der Waals surface area contributed by atoms with Crippen LogP contribution in [0.2, 0.25) is 10.0 Å². The van der Waals surface area contributed by atoms with E-state index in [0.717, 1.165) is 4.47 Å². The average molecular weight is 712 g/mol. The molecule has 0 radical (unpaired) electrons. The van der Waals surface area contributed by atoms with Gasteiger partial charge in [0.25, 0.3) is 11.8 Å². The first kappa shape index (κ1) is 33.4. The molecule has 1 saturated heterocycles. The van der Waals surface area contributed by atoms with Crippen molar-refractivity contribution < 1.29 is 27.6 Å². The number of piperidine rings is 1. The molecule has 0 aliphatic carbocycles. The highest BCUT2D eigenvalue weighted by Gasteiger charge is 2.42. The molecular weight excluding hydrogens is 684 g/mol. The Hall–Kier alpha value is -3.54. The van der Waals surface area contributed by atoms with Gasteiger partial charge in [-0.05, 0) is 73.9 Å². The van der Waals surface area contributed by atoms with Crippen LogP contribution < -0.4 is 20.9 Å². The van der Waals surface area contributed by atoms with Gasteiger partial charge in [0.1, 0.15) is 0 Å². The molecule has 13 heteroatoms. The summed E-state index contributed by atoms with van der Waals surface area (Å²) in [5.74, 6) is -3.17. The van der Waals surface area contributed by atoms with Crippen LogP contribution in [0.3, 0.4) is 0 Å². The number of carbonyl (C=O) groups excluding carboxylic acids is 3. The van der Waals surface area contributed by atoms with Gasteiger partial charge in [-0.3, -0.25) is 14.4 Å². The summed E-state index contributed by atoms with van der Waals surface area (Å²) in [6.45, 7) is 5.18. The Morgan fingerprint density at radius 3 is 2.32 bits per heavy atom. The Morgan fingerprint density at radius 2 is 1.66 bits per heavy atom. The Morgan fingerprint density at radius 1 is 1.00 bits per heavy atom. The number of alkyl halides is 3. The van der Waals surface area contributed by atoms with Gasteiger partial charge in [-0.1, -0.05) is 51.8 Å². The second-order valence-corrected chi connectivity index (χ2v) is 12.0. The van der Waals surface area contributed by atoms with Gasteiger partial charge in [0.2, 0.25) is 5.91 Å². The SMILES string of the molecule is C=C(C)C(=O)NCc1ccc(Cl)c(C(=O)Nc2ccc(N3CCCC(C(F)(F)F)C3)c(C(=O)Nc3ccc(Br)cc3)c2)c1Cl. The van der Waals surface area contributed by atoms with Crippen LogP contribution in [0.1, 0.15) is 46.0 Å². The van der Waals surface area contributed by atoms with Gasteiger partial charge in [0.15, 0.2) is 0 Å². The third kappa shape index (κ3) is 8.13. The lowest BCUT2D eigenvalue weighted by atomic mass is 9.96. The summed E-state index contributed by atoms with van der Waals surface area (Å²) < 4.78 is 41.6. The first-order valence-electron chi connectivity index (χ1n) is 13.5. The minimum atomic E-state index is -4.37. The molecular formula is C31H28BrCl2F3N4O3. The molecule has 0 saturated carbocycles. The van der Waals surface area contributed by atoms with Crippen LogP contribution in [0.5, 0.6) is 0 Å². The van der Waals surface area contributed by atoms with Crippen LogP contribution >= 0.6 is 39.1 Å². The van der Waals surface area contributed by atoms with Crippen molar-refractivity contribution in [1.29, 1.82) is 0 Å². The lowest BCUT2D eigenvalue weighted by molar-refractivity contribution is -0.176. The molecule has 1 atom stereocenters. The highest BCUT2D eigenvalue weighted by atomic mass is 79.9. The van der Waals surface area contributed by atoms with Gasteiger partial charge in [-0.15, -0.1) is 0 Å². The molecule has 0 spiro atoms. The molecule has 1 unspecified atom stereocenters. The van der Waals surface area contributed by atoms with Crippen LogP contribution in [-0.4, -0.2) is 37.0 Å². The standard InChI is InChI=1S/C31H28BrCl2F3N4O3/c1-17(2)28(42)38-15-18-5-11-24(33)26(27(18)34)30(44)40-22-10-12-25(41-13-3-4-19(16-41)31(35,36)37)23(14-22)29(43)39-21-8-6-20(32)7-9-21/h5-12,14,19H,1,3-4,13,15-16H2,2H3,(H,38,42)(H,39,43)(H,40,44). The van der Waals surface area contributed by atoms with Crippen LogP contribution in [-0.2, 0) is 11.3 Å². The number of benzene rings is 3. The monoisotopic (exact) mass is 710 g/mol. The lowest BCUT2D eigenvalue weighted by Gasteiger charge is -2.36. The van der Waals surface area contributed by atoms with E-state index in [-0.39, 0.29) is 52.3 Å². The summed E-state index contributed by atoms with van der Waals surface area (Å²) in [4.78, 5) is 40.4. The number of carbonyl (C=O) groups is 3. The molecule has 1 aliphatic rings. The summed E-state index contributed by atoms with van der Waals surface area (Å²) in [5, 5.41) is 8.18. The molecule has 3 aromatic carbocycles. The van der Waals surface area contributed by atoms with E-state index in [1.807, 2.05) is 0 Å². The van der Waals surface area contributed by atoms with Gasteiger partial charge in [0.05, 0.1) is 27.1 Å². The Kier molecular flexibility index (Phi) is 10.6. The van der Waals surface area contributed by atoms with Crippen LogP contribution in [0.25, 0.3) is 0 Å². The Balaban J connectivity index is 1.65. The molecule has 7 nitrogen and oxygen atoms in total. The quantitative estimate of drug-likeness (QED) is 0.206. The maximum absolute atomic E-state index is 13.6. The van der Waals surface area contributed by atoms with E-state index in [0.29, 0.717) is 35.5 Å². The third-order valence-corrected chi connectivity index (χ3v) is 8.33. The molecule has 44 heavy (non-hydrogen) atoms. The van der Waals surface area contributed by atoms with Gasteiger partial charge in [-0.25, -0.2) is 0 Å². The number of halogens is 6. The fourth-order valence-corrected chi connectivity index (χ4v) is 5.60. The van der Waals surface area contributed by atoms with Crippen molar-refractivity contribution in [3.05, 3.63) is 98.0 Å². The molecule has 1 heterocycles. The predicted octanol–water partition coefficient (Wildman–Crippen LogP) is 8.23. The zero-order valence-corrected chi connectivity index (χ0v) is 26.6. The predicted molar refractivity (Wildman–Crippen MR) is 171 cm³/mol. The first-order valence-corrected chi connectivity index (χ1v) is 15.0. The van der Waals surface area contributed by atoms with E-state index < -0.39 is 23.9 Å². The number of amides is 3. The maximum Gasteiger partial charge on any atom is 0.393 e. The van der Waals surface area contributed by atoms with E-state index in [9.17, 15) is 27.6 Å². The molecule has 3 amide bonds. The summed E-state index contributed by atoms with van der Waals surface area (Å²) >= 11 is 16.2. The first-order chi connectivity index (χ1) is 20.7. The largest absolute Gasteiger partial charge is 0.393 e. The molecule has 1 fully saturated rings. The highest BCUT2D eigenvalue weighted by Crippen LogP contribution is 2.37. The van der Waals surface area contributed by atoms with Crippen LogP contribution in [0.15, 0.2) is 71.2 Å². The molecule has 0 bridgehead atoms. The minimum Gasteiger partial charge on any atom is -0.370 e. The maximum atomic E-state index is 13.6. The smallest absolute Gasteiger partial charge is 0.370 e. The van der Waals surface area contributed by atoms with E-state index >= 15 is 0 Å². The van der Waals surface area contributed by atoms with E-state index in [4.69, 9.17) is 23.2 Å². The van der Waals surface area contributed by atoms with E-state index in [2.05, 4.69) is 38.5 Å². The fourth-order valence-electron chi connectivity index (χ4n) is 4.73. The molecule has 3 aromatic rings. The lowest BCUT2D eigenvalue weighted by Crippen LogP contribution is -2.42. The van der Waals surface area contributed by atoms with Crippen LogP contribution in [0, 0.1) is 5.92 Å². The average Bonchev–Trinajstić information content (AvgIpc) is 2.97. The van der Waals surface area contributed by atoms with Crippen molar-refractivity contribution >= 4 is 73.9 Å². The van der Waals surface area contributed by atoms with E-state index in [1.54, 1.807) is 42.2 Å². The normalized spacial score (nSPS) is 15.0. The summed E-state index contributed by atoms with van der Waals surface area (Å²) in [6.07, 6.45) is -4.06. The van der Waals surface area contributed by atoms with Gasteiger partial charge >= 0.3 is 6.18 Å². The number of rotatable bonds is 8. The fraction of sp³-hybridized carbons (Fsp3) is 0.258. The van der Waals surface area contributed by atoms with Crippen molar-refractivity contribution in [2.24, 2.45) is 5.92 Å². The molecule has 3 N–H and O–H groups in total. The van der Waals surface area contributed by atoms with Crippen LogP contribution in [0.4, 0.5) is 30.2 Å². The number of hydrogen-bond acceptors (Lipinski definition) is 4. The second-order valence-electron chi connectivity index (χ2n) is 10.3. The summed E-state index contributed by atoms with van der Waals surface area (Å²) in [6, 6.07) is 14.3. The second kappa shape index (κ2) is 14.0. The Labute approximate surface area is 270 Å². The number of hydrogen-bond donors (Lipinski definition) is 3. The number of nitrogens with one attached hydrogen (secondary N) is 3. The third-order valence-electron chi connectivity index (χ3n) is 7.05. The van der Waals surface area contributed by atoms with Gasteiger partial charge in [0, 0.05) is 46.7 Å². The van der Waals surface area contributed by atoms with Gasteiger partial charge < -0.3 is 20.9 Å². The van der Waals surface area contributed by atoms with Crippen molar-refractivity contribution in [3.8, 4) is 0 Å². The van der Waals surface area contributed by atoms with E-state index in [1.165, 1.54) is 24.3 Å². The molecule has 232 valence electrons. The number of anilines is 3. The van der Waals surface area contributed by atoms with Crippen molar-refractivity contribution in [1.82, 2.24) is 5.32 Å². The zero-order valence-electron chi connectivity index (χ0n) is 23.5. The minimum absolute atomic E-state index is 0.00598. The number of nitrogens with zero attached hydrogens (tertiary/aromatic N) is 1. The molecule has 0 aromatic heterocycles. The van der Waals surface area contributed by atoms with Crippen molar-refractivity contribution in [2.45, 2.75) is 32.5 Å². The van der Waals surface area contributed by atoms with Gasteiger partial charge in [-0.2, -0.15) is 13.2 Å². The highest BCUT2D eigenvalue weighted by molar-refractivity contribution is 9.10. The molecule has 4 rings (SSSR count). The summed E-state index contributed by atoms with van der Waals surface area (Å²) in [5.41, 5.74) is 1.72. The Bertz CT molecular complexity index is 1600. The summed E-state index contributed by atoms with van der Waals surface area (Å²) in [7, 11) is 0. The van der Waals surface area contributed by atoms with Crippen molar-refractivity contribution in [3.63, 3.8) is 0 Å². The van der Waals surface area contributed by atoms with Crippen molar-refractivity contribution in [2.75, 3.05) is 28.6 Å². The topological polar surface area (TPSA) is 90.5 Å².